The van der Waals surface area contributed by atoms with Crippen molar-refractivity contribution in [2.75, 3.05) is 0 Å². The minimum atomic E-state index is -6.05. The number of ether oxygens (including phenoxy) is 1. The fraction of sp³-hybridized carbons (Fsp3) is 0.167. The first-order valence-electron chi connectivity index (χ1n) is 6.41. The van der Waals surface area contributed by atoms with Gasteiger partial charge in [0.2, 0.25) is 5.65 Å². The third kappa shape index (κ3) is 3.31. The first-order valence-corrected chi connectivity index (χ1v) is 7.81. The van der Waals surface area contributed by atoms with E-state index < -0.39 is 33.6 Å². The summed E-state index contributed by atoms with van der Waals surface area (Å²) >= 11 is 0. The molecular weight excluding hydrogens is 396 g/mol. The summed E-state index contributed by atoms with van der Waals surface area (Å²) in [6, 6.07) is 2.85. The zero-order valence-electron chi connectivity index (χ0n) is 12.0. The molecular formula is C12H5F6N3O4S. The summed E-state index contributed by atoms with van der Waals surface area (Å²) in [5.74, 6) is -1.76. The Morgan fingerprint density at radius 1 is 1.08 bits per heavy atom. The van der Waals surface area contributed by atoms with Gasteiger partial charge in [-0.2, -0.15) is 21.6 Å². The molecule has 0 aliphatic rings. The van der Waals surface area contributed by atoms with Crippen molar-refractivity contribution in [2.24, 2.45) is 0 Å². The van der Waals surface area contributed by atoms with E-state index in [4.69, 9.17) is 0 Å². The lowest BCUT2D eigenvalue weighted by Gasteiger charge is -2.12. The maximum absolute atomic E-state index is 12.5. The molecule has 0 aliphatic heterocycles. The van der Waals surface area contributed by atoms with Crippen molar-refractivity contribution in [1.82, 2.24) is 14.4 Å². The van der Waals surface area contributed by atoms with Crippen molar-refractivity contribution in [3.63, 3.8) is 0 Å². The first-order chi connectivity index (χ1) is 11.9. The lowest BCUT2D eigenvalue weighted by atomic mass is 10.3. The molecule has 7 nitrogen and oxygen atoms in total. The molecule has 26 heavy (non-hydrogen) atoms. The number of fused-ring (bicyclic) bond motifs is 3. The van der Waals surface area contributed by atoms with Crippen LogP contribution in [0.15, 0.2) is 30.6 Å². The average molecular weight is 401 g/mol. The van der Waals surface area contributed by atoms with Gasteiger partial charge in [0.15, 0.2) is 0 Å². The summed E-state index contributed by atoms with van der Waals surface area (Å²) < 4.78 is 105. The Balaban J connectivity index is 2.17. The van der Waals surface area contributed by atoms with Crippen LogP contribution in [0.25, 0.3) is 16.7 Å². The Hall–Kier alpha value is -2.77. The average Bonchev–Trinajstić information content (AvgIpc) is 2.93. The molecule has 14 heteroatoms. The van der Waals surface area contributed by atoms with E-state index in [1.165, 1.54) is 6.20 Å². The predicted octanol–water partition coefficient (Wildman–Crippen LogP) is 3.01. The summed E-state index contributed by atoms with van der Waals surface area (Å²) in [5.41, 5.74) is -6.29. The monoisotopic (exact) mass is 401 g/mol. The highest BCUT2D eigenvalue weighted by molar-refractivity contribution is 7.88. The molecule has 0 saturated carbocycles. The molecule has 140 valence electrons. The van der Waals surface area contributed by atoms with Crippen LogP contribution in [-0.4, -0.2) is 34.7 Å². The SMILES string of the molecule is O=S(=O)(Oc1nc2cc(OC(F)(F)F)ccc2n2ccnc12)C(F)(F)F. The van der Waals surface area contributed by atoms with E-state index in [9.17, 15) is 34.8 Å². The molecule has 0 unspecified atom stereocenters. The van der Waals surface area contributed by atoms with Crippen LogP contribution in [0.1, 0.15) is 0 Å². The third-order valence-corrected chi connectivity index (χ3v) is 3.91. The van der Waals surface area contributed by atoms with Gasteiger partial charge in [-0.15, -0.1) is 13.2 Å². The van der Waals surface area contributed by atoms with E-state index in [1.54, 1.807) is 0 Å². The van der Waals surface area contributed by atoms with Gasteiger partial charge in [0.05, 0.1) is 11.0 Å². The fourth-order valence-electron chi connectivity index (χ4n) is 2.02. The van der Waals surface area contributed by atoms with Crippen LogP contribution in [0.4, 0.5) is 26.3 Å². The zero-order valence-corrected chi connectivity index (χ0v) is 12.9. The van der Waals surface area contributed by atoms with Crippen molar-refractivity contribution in [3.8, 4) is 11.6 Å². The quantitative estimate of drug-likeness (QED) is 0.381. The number of aromatic nitrogens is 3. The number of rotatable bonds is 3. The van der Waals surface area contributed by atoms with Gasteiger partial charge in [-0.1, -0.05) is 0 Å². The molecule has 0 amide bonds. The molecule has 3 rings (SSSR count). The predicted molar refractivity (Wildman–Crippen MR) is 72.8 cm³/mol. The van der Waals surface area contributed by atoms with Crippen molar-refractivity contribution in [1.29, 1.82) is 0 Å². The summed E-state index contributed by atoms with van der Waals surface area (Å²) in [7, 11) is -6.05. The molecule has 0 saturated heterocycles. The van der Waals surface area contributed by atoms with Gasteiger partial charge in [-0.05, 0) is 12.1 Å². The van der Waals surface area contributed by atoms with Crippen LogP contribution in [0.2, 0.25) is 0 Å². The van der Waals surface area contributed by atoms with Crippen LogP contribution in [-0.2, 0) is 10.1 Å². The van der Waals surface area contributed by atoms with Crippen LogP contribution >= 0.6 is 0 Å². The van der Waals surface area contributed by atoms with E-state index in [0.29, 0.717) is 0 Å². The zero-order chi connectivity index (χ0) is 19.3. The second kappa shape index (κ2) is 5.62. The third-order valence-electron chi connectivity index (χ3n) is 2.97. The Morgan fingerprint density at radius 2 is 1.77 bits per heavy atom. The maximum atomic E-state index is 12.5. The van der Waals surface area contributed by atoms with Gasteiger partial charge in [0.1, 0.15) is 5.75 Å². The standard InChI is InChI=1S/C12H5F6N3O4S/c13-11(14,15)24-6-1-2-8-7(5-6)20-10(9-19-3-4-21(8)9)25-26(22,23)12(16,17)18/h1-5H. The number of nitrogens with zero attached hydrogens (tertiary/aromatic N) is 3. The Kier molecular flexibility index (Phi) is 3.90. The van der Waals surface area contributed by atoms with Crippen molar-refractivity contribution in [3.05, 3.63) is 30.6 Å². The van der Waals surface area contributed by atoms with Gasteiger partial charge in [-0.25, -0.2) is 9.97 Å². The minimum absolute atomic E-state index is 0.129. The van der Waals surface area contributed by atoms with Crippen molar-refractivity contribution < 1.29 is 43.7 Å². The lowest BCUT2D eigenvalue weighted by molar-refractivity contribution is -0.274. The van der Waals surface area contributed by atoms with E-state index in [1.807, 2.05) is 0 Å². The number of halogens is 6. The molecule has 0 N–H and O–H groups in total. The molecule has 0 fully saturated rings. The van der Waals surface area contributed by atoms with Gasteiger partial charge < -0.3 is 8.92 Å². The highest BCUT2D eigenvalue weighted by atomic mass is 32.2. The molecule has 0 atom stereocenters. The van der Waals surface area contributed by atoms with Gasteiger partial charge in [-0.3, -0.25) is 4.40 Å². The molecule has 3 aromatic rings. The lowest BCUT2D eigenvalue weighted by Crippen LogP contribution is -2.28. The highest BCUT2D eigenvalue weighted by Gasteiger charge is 2.49. The van der Waals surface area contributed by atoms with Crippen LogP contribution in [0, 0.1) is 0 Å². The summed E-state index contributed by atoms with van der Waals surface area (Å²) in [5, 5.41) is 0. The first kappa shape index (κ1) is 18.0. The minimum Gasteiger partial charge on any atom is -0.406 e. The molecule has 2 heterocycles. The number of alkyl halides is 6. The summed E-state index contributed by atoms with van der Waals surface area (Å²) in [6.07, 6.45) is -2.66. The molecule has 0 aliphatic carbocycles. The van der Waals surface area contributed by atoms with Gasteiger partial charge >= 0.3 is 22.0 Å². The van der Waals surface area contributed by atoms with Gasteiger partial charge in [0, 0.05) is 18.5 Å². The fourth-order valence-corrected chi connectivity index (χ4v) is 2.43. The number of hydrogen-bond donors (Lipinski definition) is 0. The Bertz CT molecular complexity index is 1090. The molecule has 0 spiro atoms. The van der Waals surface area contributed by atoms with Crippen LogP contribution in [0.3, 0.4) is 0 Å². The smallest absolute Gasteiger partial charge is 0.406 e. The summed E-state index contributed by atoms with van der Waals surface area (Å²) in [4.78, 5) is 7.18. The van der Waals surface area contributed by atoms with E-state index >= 15 is 0 Å². The highest BCUT2D eigenvalue weighted by Crippen LogP contribution is 2.31. The van der Waals surface area contributed by atoms with E-state index in [0.717, 1.165) is 28.8 Å². The number of hydrogen-bond acceptors (Lipinski definition) is 6. The summed E-state index contributed by atoms with van der Waals surface area (Å²) in [6.45, 7) is 0. The molecule has 0 bridgehead atoms. The van der Waals surface area contributed by atoms with Crippen LogP contribution < -0.4 is 8.92 Å². The second-order valence-corrected chi connectivity index (χ2v) is 6.26. The Morgan fingerprint density at radius 3 is 2.38 bits per heavy atom. The number of imidazole rings is 1. The number of benzene rings is 1. The maximum Gasteiger partial charge on any atom is 0.573 e. The van der Waals surface area contributed by atoms with Crippen molar-refractivity contribution in [2.45, 2.75) is 11.9 Å². The second-order valence-electron chi connectivity index (χ2n) is 4.72. The topological polar surface area (TPSA) is 82.8 Å². The van der Waals surface area contributed by atoms with Crippen LogP contribution in [0.5, 0.6) is 11.6 Å². The molecule has 1 aromatic carbocycles. The molecule has 2 aromatic heterocycles. The normalized spacial score (nSPS) is 13.3. The molecule has 0 radical (unpaired) electrons. The van der Waals surface area contributed by atoms with E-state index in [-0.39, 0.29) is 16.7 Å². The Labute approximate surface area is 139 Å². The van der Waals surface area contributed by atoms with Crippen molar-refractivity contribution >= 4 is 26.8 Å². The van der Waals surface area contributed by atoms with Gasteiger partial charge in [0.25, 0.3) is 5.88 Å². The van der Waals surface area contributed by atoms with E-state index in [2.05, 4.69) is 18.9 Å². The largest absolute Gasteiger partial charge is 0.573 e.